The van der Waals surface area contributed by atoms with Gasteiger partial charge in [0.15, 0.2) is 17.1 Å². The van der Waals surface area contributed by atoms with Crippen LogP contribution in [0.15, 0.2) is 30.5 Å². The minimum absolute atomic E-state index is 0.171. The second-order valence-corrected chi connectivity index (χ2v) is 9.92. The Morgan fingerprint density at radius 1 is 1.03 bits per heavy atom. The van der Waals surface area contributed by atoms with Crippen LogP contribution in [0.2, 0.25) is 0 Å². The maximum absolute atomic E-state index is 12.6. The lowest BCUT2D eigenvalue weighted by atomic mass is 9.96. The third-order valence-electron chi connectivity index (χ3n) is 6.10. The molecule has 0 spiro atoms. The van der Waals surface area contributed by atoms with E-state index in [1.54, 1.807) is 20.4 Å². The van der Waals surface area contributed by atoms with Gasteiger partial charge in [-0.2, -0.15) is 9.97 Å². The van der Waals surface area contributed by atoms with Gasteiger partial charge in [0.2, 0.25) is 11.9 Å². The minimum Gasteiger partial charge on any atom is -0.493 e. The van der Waals surface area contributed by atoms with E-state index in [0.29, 0.717) is 34.3 Å². The zero-order valence-electron chi connectivity index (χ0n) is 21.2. The Labute approximate surface area is 205 Å². The van der Waals surface area contributed by atoms with Gasteiger partial charge in [0.05, 0.1) is 19.6 Å². The topological polar surface area (TPSA) is 98.7 Å². The average molecular weight is 480 g/mol. The number of aromatic nitrogens is 3. The normalized spacial score (nSPS) is 15.1. The van der Waals surface area contributed by atoms with Crippen molar-refractivity contribution in [2.45, 2.75) is 40.5 Å². The molecule has 0 bridgehead atoms. The Balaban J connectivity index is 1.75. The number of carbonyl (C=O) groups excluding carboxylic acids is 1. The van der Waals surface area contributed by atoms with E-state index in [4.69, 9.17) is 14.3 Å². The van der Waals surface area contributed by atoms with Crippen molar-refractivity contribution >= 4 is 22.9 Å². The molecule has 0 atom stereocenters. The summed E-state index contributed by atoms with van der Waals surface area (Å²) in [4.78, 5) is 32.5. The Hall–Kier alpha value is -3.46. The van der Waals surface area contributed by atoms with E-state index >= 15 is 0 Å². The number of amides is 1. The van der Waals surface area contributed by atoms with E-state index in [1.165, 1.54) is 0 Å². The molecule has 4 rings (SSSR count). The summed E-state index contributed by atoms with van der Waals surface area (Å²) in [6.45, 7) is 9.37. The number of ether oxygens (including phenoxy) is 2. The molecule has 0 radical (unpaired) electrons. The van der Waals surface area contributed by atoms with Gasteiger partial charge in [0.25, 0.3) is 5.88 Å². The number of pyridine rings is 1. The van der Waals surface area contributed by atoms with E-state index < -0.39 is 5.41 Å². The monoisotopic (exact) mass is 479 g/mol. The molecule has 0 saturated carbocycles. The summed E-state index contributed by atoms with van der Waals surface area (Å²) in [7, 11) is 3.21. The summed E-state index contributed by atoms with van der Waals surface area (Å²) >= 11 is 0. The maximum atomic E-state index is 12.6. The van der Waals surface area contributed by atoms with Crippen molar-refractivity contribution in [2.75, 3.05) is 32.6 Å². The lowest BCUT2D eigenvalue weighted by molar-refractivity contribution is -0.123. The average Bonchev–Trinajstić information content (AvgIpc) is 2.84. The molecule has 1 N–H and O–H groups in total. The predicted octanol–water partition coefficient (Wildman–Crippen LogP) is 4.72. The SMILES string of the molecule is COc1ccc(-c2cnc3nc(NC(=O)C(C)(C)C)nc(ON4CCC(C)CC4)c3c2)cc1OC. The van der Waals surface area contributed by atoms with Gasteiger partial charge in [-0.1, -0.05) is 33.8 Å². The van der Waals surface area contributed by atoms with Crippen molar-refractivity contribution in [2.24, 2.45) is 11.3 Å². The number of fused-ring (bicyclic) bond motifs is 1. The molecule has 186 valence electrons. The number of hydroxylamine groups is 2. The van der Waals surface area contributed by atoms with Gasteiger partial charge >= 0.3 is 0 Å². The number of hydrogen-bond acceptors (Lipinski definition) is 8. The molecule has 1 aliphatic rings. The quantitative estimate of drug-likeness (QED) is 0.542. The summed E-state index contributed by atoms with van der Waals surface area (Å²) in [5, 5.41) is 5.38. The van der Waals surface area contributed by atoms with Gasteiger partial charge in [0, 0.05) is 30.3 Å². The largest absolute Gasteiger partial charge is 0.493 e. The highest BCUT2D eigenvalue weighted by Crippen LogP contribution is 2.34. The number of benzene rings is 1. The first-order valence-corrected chi connectivity index (χ1v) is 11.8. The molecule has 1 aromatic carbocycles. The number of nitrogens with zero attached hydrogens (tertiary/aromatic N) is 4. The lowest BCUT2D eigenvalue weighted by Crippen LogP contribution is -2.36. The van der Waals surface area contributed by atoms with Crippen LogP contribution >= 0.6 is 0 Å². The first-order valence-electron chi connectivity index (χ1n) is 11.8. The summed E-state index contributed by atoms with van der Waals surface area (Å²) in [6.07, 6.45) is 3.83. The van der Waals surface area contributed by atoms with Gasteiger partial charge in [-0.25, -0.2) is 4.98 Å². The van der Waals surface area contributed by atoms with E-state index in [1.807, 2.05) is 50.1 Å². The van der Waals surface area contributed by atoms with E-state index in [-0.39, 0.29) is 11.9 Å². The number of rotatable bonds is 6. The Morgan fingerprint density at radius 2 is 1.74 bits per heavy atom. The molecular formula is C26H33N5O4. The van der Waals surface area contributed by atoms with Crippen molar-refractivity contribution in [3.63, 3.8) is 0 Å². The minimum atomic E-state index is -0.590. The van der Waals surface area contributed by atoms with Crippen molar-refractivity contribution in [3.05, 3.63) is 30.5 Å². The molecule has 3 aromatic rings. The number of carbonyl (C=O) groups is 1. The molecule has 1 aliphatic heterocycles. The number of methoxy groups -OCH3 is 2. The molecule has 35 heavy (non-hydrogen) atoms. The van der Waals surface area contributed by atoms with Crippen LogP contribution in [0.5, 0.6) is 17.4 Å². The highest BCUT2D eigenvalue weighted by Gasteiger charge is 2.24. The molecule has 1 amide bonds. The fourth-order valence-corrected chi connectivity index (χ4v) is 3.77. The summed E-state index contributed by atoms with van der Waals surface area (Å²) < 4.78 is 10.8. The van der Waals surface area contributed by atoms with Gasteiger partial charge in [-0.05, 0) is 42.5 Å². The summed E-state index contributed by atoms with van der Waals surface area (Å²) in [6, 6.07) is 7.63. The predicted molar refractivity (Wildman–Crippen MR) is 135 cm³/mol. The van der Waals surface area contributed by atoms with E-state index in [2.05, 4.69) is 27.2 Å². The van der Waals surface area contributed by atoms with Gasteiger partial charge in [-0.15, -0.1) is 5.06 Å². The standard InChI is InChI=1S/C26H33N5O4/c1-16-9-11-31(12-10-16)35-23-19-13-18(17-7-8-20(33-5)21(14-17)34-6)15-27-22(19)28-25(29-23)30-24(32)26(2,3)4/h7-8,13-16H,9-12H2,1-6H3,(H,27,28,29,30,32). The Bertz CT molecular complexity index is 1220. The van der Waals surface area contributed by atoms with E-state index in [0.717, 1.165) is 37.1 Å². The number of anilines is 1. The molecule has 1 fully saturated rings. The fourth-order valence-electron chi connectivity index (χ4n) is 3.77. The van der Waals surface area contributed by atoms with Crippen LogP contribution in [0.1, 0.15) is 40.5 Å². The molecule has 0 unspecified atom stereocenters. The van der Waals surface area contributed by atoms with Crippen molar-refractivity contribution < 1.29 is 19.1 Å². The van der Waals surface area contributed by atoms with Crippen molar-refractivity contribution in [3.8, 4) is 28.5 Å². The number of nitrogens with one attached hydrogen (secondary N) is 1. The van der Waals surface area contributed by atoms with Gasteiger partial charge in [-0.3, -0.25) is 10.1 Å². The lowest BCUT2D eigenvalue weighted by Gasteiger charge is -2.29. The molecule has 9 nitrogen and oxygen atoms in total. The molecule has 2 aromatic heterocycles. The third-order valence-corrected chi connectivity index (χ3v) is 6.10. The highest BCUT2D eigenvalue weighted by molar-refractivity contribution is 5.94. The summed E-state index contributed by atoms with van der Waals surface area (Å²) in [5.74, 6) is 2.29. The van der Waals surface area contributed by atoms with Crippen LogP contribution in [-0.4, -0.2) is 53.2 Å². The Kier molecular flexibility index (Phi) is 7.07. The van der Waals surface area contributed by atoms with E-state index in [9.17, 15) is 4.79 Å². The van der Waals surface area contributed by atoms with Crippen LogP contribution in [0, 0.1) is 11.3 Å². The number of hydrogen-bond donors (Lipinski definition) is 1. The zero-order valence-corrected chi connectivity index (χ0v) is 21.2. The fraction of sp³-hybridized carbons (Fsp3) is 0.462. The van der Waals surface area contributed by atoms with Gasteiger partial charge in [0.1, 0.15) is 0 Å². The second-order valence-electron chi connectivity index (χ2n) is 9.92. The van der Waals surface area contributed by atoms with Crippen LogP contribution in [0.4, 0.5) is 5.95 Å². The highest BCUT2D eigenvalue weighted by atomic mass is 16.7. The molecule has 3 heterocycles. The molecule has 1 saturated heterocycles. The zero-order chi connectivity index (χ0) is 25.2. The second kappa shape index (κ2) is 10.0. The first kappa shape index (κ1) is 24.7. The van der Waals surface area contributed by atoms with Gasteiger partial charge < -0.3 is 14.3 Å². The van der Waals surface area contributed by atoms with Crippen LogP contribution in [0.3, 0.4) is 0 Å². The van der Waals surface area contributed by atoms with Crippen LogP contribution in [-0.2, 0) is 4.79 Å². The first-order chi connectivity index (χ1) is 16.7. The molecule has 9 heteroatoms. The number of piperidine rings is 1. The molecular weight excluding hydrogens is 446 g/mol. The summed E-state index contributed by atoms with van der Waals surface area (Å²) in [5.41, 5.74) is 1.60. The van der Waals surface area contributed by atoms with Crippen LogP contribution in [0.25, 0.3) is 22.2 Å². The Morgan fingerprint density at radius 3 is 2.40 bits per heavy atom. The third kappa shape index (κ3) is 5.62. The molecule has 0 aliphatic carbocycles. The smallest absolute Gasteiger partial charge is 0.252 e. The van der Waals surface area contributed by atoms with Crippen molar-refractivity contribution in [1.82, 2.24) is 20.0 Å². The maximum Gasteiger partial charge on any atom is 0.252 e. The van der Waals surface area contributed by atoms with Crippen LogP contribution < -0.4 is 19.6 Å². The van der Waals surface area contributed by atoms with Crippen molar-refractivity contribution in [1.29, 1.82) is 0 Å².